The largest absolute Gasteiger partial charge is 0.363 e. The molecule has 28 heavy (non-hydrogen) atoms. The van der Waals surface area contributed by atoms with Gasteiger partial charge in [0.25, 0.3) is 5.91 Å². The van der Waals surface area contributed by atoms with Crippen molar-refractivity contribution >= 4 is 23.5 Å². The number of hydrogen-bond donors (Lipinski definition) is 0. The standard InChI is InChI=1S/C22H30N4OS/c1-22(2,3)18-14-19(25(4)5)24-21(23-18)28-15-16-8-10-17(11-9-16)20(27)26-12-6-7-13-26/h8-11,14H,6-7,12-13,15H2,1-5H3. The van der Waals surface area contributed by atoms with Crippen LogP contribution in [0.3, 0.4) is 0 Å². The van der Waals surface area contributed by atoms with E-state index in [1.165, 1.54) is 5.56 Å². The van der Waals surface area contributed by atoms with Crippen molar-refractivity contribution in [3.8, 4) is 0 Å². The molecule has 0 unspecified atom stereocenters. The monoisotopic (exact) mass is 398 g/mol. The van der Waals surface area contributed by atoms with Gasteiger partial charge in [-0.2, -0.15) is 0 Å². The first-order valence-corrected chi connectivity index (χ1v) is 10.8. The fourth-order valence-electron chi connectivity index (χ4n) is 3.08. The van der Waals surface area contributed by atoms with Crippen LogP contribution in [0.2, 0.25) is 0 Å². The lowest BCUT2D eigenvalue weighted by Gasteiger charge is -2.21. The third-order valence-electron chi connectivity index (χ3n) is 4.88. The minimum atomic E-state index is -0.0272. The van der Waals surface area contributed by atoms with Gasteiger partial charge in [0.2, 0.25) is 0 Å². The number of aromatic nitrogens is 2. The van der Waals surface area contributed by atoms with Crippen molar-refractivity contribution in [3.63, 3.8) is 0 Å². The lowest BCUT2D eigenvalue weighted by molar-refractivity contribution is 0.0793. The summed E-state index contributed by atoms with van der Waals surface area (Å²) in [6.07, 6.45) is 2.23. The highest BCUT2D eigenvalue weighted by atomic mass is 32.2. The first kappa shape index (κ1) is 20.6. The van der Waals surface area contributed by atoms with E-state index >= 15 is 0 Å². The summed E-state index contributed by atoms with van der Waals surface area (Å²) in [5.41, 5.74) is 2.96. The Kier molecular flexibility index (Phi) is 6.28. The SMILES string of the molecule is CN(C)c1cc(C(C)(C)C)nc(SCc2ccc(C(=O)N3CCCC3)cc2)n1. The van der Waals surface area contributed by atoms with E-state index in [0.717, 1.165) is 53.9 Å². The van der Waals surface area contributed by atoms with Gasteiger partial charge in [0.05, 0.1) is 5.69 Å². The summed E-state index contributed by atoms with van der Waals surface area (Å²) < 4.78 is 0. The molecule has 1 fully saturated rings. The van der Waals surface area contributed by atoms with Crippen molar-refractivity contribution in [2.75, 3.05) is 32.1 Å². The molecule has 6 heteroatoms. The summed E-state index contributed by atoms with van der Waals surface area (Å²) in [6, 6.07) is 10.0. The minimum Gasteiger partial charge on any atom is -0.363 e. The molecule has 0 bridgehead atoms. The van der Waals surface area contributed by atoms with Crippen LogP contribution in [0.5, 0.6) is 0 Å². The summed E-state index contributed by atoms with van der Waals surface area (Å²) in [4.78, 5) is 25.9. The van der Waals surface area contributed by atoms with Crippen LogP contribution in [0.25, 0.3) is 0 Å². The lowest BCUT2D eigenvalue weighted by Crippen LogP contribution is -2.27. The summed E-state index contributed by atoms with van der Waals surface area (Å²) in [7, 11) is 4.00. The first-order chi connectivity index (χ1) is 13.2. The Morgan fingerprint density at radius 3 is 2.32 bits per heavy atom. The predicted molar refractivity (Wildman–Crippen MR) is 116 cm³/mol. The van der Waals surface area contributed by atoms with Gasteiger partial charge < -0.3 is 9.80 Å². The van der Waals surface area contributed by atoms with E-state index in [9.17, 15) is 4.79 Å². The van der Waals surface area contributed by atoms with Crippen molar-refractivity contribution in [1.82, 2.24) is 14.9 Å². The zero-order valence-corrected chi connectivity index (χ0v) is 18.3. The molecule has 1 aromatic heterocycles. The van der Waals surface area contributed by atoms with Crippen molar-refractivity contribution in [1.29, 1.82) is 0 Å². The number of hydrogen-bond acceptors (Lipinski definition) is 5. The number of benzene rings is 1. The molecule has 2 heterocycles. The second-order valence-electron chi connectivity index (χ2n) is 8.52. The molecule has 3 rings (SSSR count). The summed E-state index contributed by atoms with van der Waals surface area (Å²) in [5, 5.41) is 0.786. The van der Waals surface area contributed by atoms with Gasteiger partial charge in [-0.3, -0.25) is 4.79 Å². The highest BCUT2D eigenvalue weighted by Crippen LogP contribution is 2.28. The molecule has 1 aromatic carbocycles. The summed E-state index contributed by atoms with van der Waals surface area (Å²) in [5.74, 6) is 1.85. The Bertz CT molecular complexity index is 821. The topological polar surface area (TPSA) is 49.3 Å². The second kappa shape index (κ2) is 8.52. The third kappa shape index (κ3) is 5.04. The maximum absolute atomic E-state index is 12.5. The van der Waals surface area contributed by atoms with Crippen molar-refractivity contribution < 1.29 is 4.79 Å². The molecule has 1 aliphatic rings. The van der Waals surface area contributed by atoms with Crippen LogP contribution in [-0.4, -0.2) is 48.0 Å². The normalized spacial score (nSPS) is 14.4. The van der Waals surface area contributed by atoms with Gasteiger partial charge in [-0.15, -0.1) is 0 Å². The van der Waals surface area contributed by atoms with E-state index in [4.69, 9.17) is 4.98 Å². The van der Waals surface area contributed by atoms with Crippen molar-refractivity contribution in [2.24, 2.45) is 0 Å². The number of carbonyl (C=O) groups is 1. The summed E-state index contributed by atoms with van der Waals surface area (Å²) in [6.45, 7) is 8.26. The second-order valence-corrected chi connectivity index (χ2v) is 9.47. The van der Waals surface area contributed by atoms with Gasteiger partial charge in [-0.05, 0) is 30.5 Å². The Morgan fingerprint density at radius 2 is 1.75 bits per heavy atom. The fourth-order valence-corrected chi connectivity index (χ4v) is 3.89. The van der Waals surface area contributed by atoms with E-state index in [-0.39, 0.29) is 11.3 Å². The average molecular weight is 399 g/mol. The molecule has 1 aliphatic heterocycles. The molecule has 2 aromatic rings. The maximum Gasteiger partial charge on any atom is 0.253 e. The molecule has 0 N–H and O–H groups in total. The van der Waals surface area contributed by atoms with Gasteiger partial charge in [-0.1, -0.05) is 44.7 Å². The van der Waals surface area contributed by atoms with E-state index in [1.807, 2.05) is 48.2 Å². The van der Waals surface area contributed by atoms with E-state index in [0.29, 0.717) is 0 Å². The van der Waals surface area contributed by atoms with Gasteiger partial charge in [0.1, 0.15) is 5.82 Å². The molecule has 5 nitrogen and oxygen atoms in total. The maximum atomic E-state index is 12.5. The molecule has 0 spiro atoms. The quantitative estimate of drug-likeness (QED) is 0.553. The predicted octanol–water partition coefficient (Wildman–Crippen LogP) is 4.37. The van der Waals surface area contributed by atoms with E-state index in [2.05, 4.69) is 31.8 Å². The molecule has 0 radical (unpaired) electrons. The number of anilines is 1. The van der Waals surface area contributed by atoms with E-state index < -0.39 is 0 Å². The molecule has 1 amide bonds. The number of nitrogens with zero attached hydrogens (tertiary/aromatic N) is 4. The van der Waals surface area contributed by atoms with Gasteiger partial charge in [0.15, 0.2) is 5.16 Å². The Hall–Kier alpha value is -2.08. The molecule has 0 atom stereocenters. The Balaban J connectivity index is 1.69. The fraction of sp³-hybridized carbons (Fsp3) is 0.500. The molecular formula is C22H30N4OS. The zero-order valence-electron chi connectivity index (χ0n) is 17.5. The number of amides is 1. The van der Waals surface area contributed by atoms with Crippen LogP contribution in [0.15, 0.2) is 35.5 Å². The number of thioether (sulfide) groups is 1. The highest BCUT2D eigenvalue weighted by Gasteiger charge is 2.20. The van der Waals surface area contributed by atoms with Gasteiger partial charge in [0, 0.05) is 50.0 Å². The zero-order chi connectivity index (χ0) is 20.3. The van der Waals surface area contributed by atoms with Crippen LogP contribution in [0, 0.1) is 0 Å². The van der Waals surface area contributed by atoms with Crippen LogP contribution in [-0.2, 0) is 11.2 Å². The van der Waals surface area contributed by atoms with Crippen LogP contribution in [0.4, 0.5) is 5.82 Å². The average Bonchev–Trinajstić information content (AvgIpc) is 3.20. The Labute approximate surface area is 172 Å². The Morgan fingerprint density at radius 1 is 1.11 bits per heavy atom. The van der Waals surface area contributed by atoms with Gasteiger partial charge >= 0.3 is 0 Å². The first-order valence-electron chi connectivity index (χ1n) is 9.82. The minimum absolute atomic E-state index is 0.0272. The highest BCUT2D eigenvalue weighted by molar-refractivity contribution is 7.98. The third-order valence-corrected chi connectivity index (χ3v) is 5.80. The van der Waals surface area contributed by atoms with Crippen molar-refractivity contribution in [3.05, 3.63) is 47.2 Å². The molecule has 0 aliphatic carbocycles. The molecule has 1 saturated heterocycles. The summed E-state index contributed by atoms with van der Waals surface area (Å²) >= 11 is 1.63. The van der Waals surface area contributed by atoms with Gasteiger partial charge in [-0.25, -0.2) is 9.97 Å². The molecule has 0 saturated carbocycles. The molecular weight excluding hydrogens is 368 g/mol. The lowest BCUT2D eigenvalue weighted by atomic mass is 9.92. The number of carbonyl (C=O) groups excluding carboxylic acids is 1. The van der Waals surface area contributed by atoms with E-state index in [1.54, 1.807) is 11.8 Å². The van der Waals surface area contributed by atoms with Crippen molar-refractivity contribution in [2.45, 2.75) is 49.9 Å². The molecule has 150 valence electrons. The van der Waals surface area contributed by atoms with Crippen LogP contribution < -0.4 is 4.90 Å². The van der Waals surface area contributed by atoms with Crippen LogP contribution >= 0.6 is 11.8 Å². The smallest absolute Gasteiger partial charge is 0.253 e. The number of likely N-dealkylation sites (tertiary alicyclic amines) is 1. The number of rotatable bonds is 5. The van der Waals surface area contributed by atoms with Crippen LogP contribution in [0.1, 0.15) is 55.2 Å².